The number of rotatable bonds is 0. The molecule has 1 aliphatic carbocycles. The zero-order chi connectivity index (χ0) is 6.55. The molecule has 10 heavy (non-hydrogen) atoms. The van der Waals surface area contributed by atoms with Gasteiger partial charge in [-0.05, 0) is 44.1 Å². The minimum Gasteiger partial charge on any atom is -0.300 e. The number of hydrogen-bond donors (Lipinski definition) is 0. The van der Waals surface area contributed by atoms with Crippen LogP contribution in [0, 0.1) is 11.8 Å². The van der Waals surface area contributed by atoms with E-state index < -0.39 is 0 Å². The molecule has 1 saturated carbocycles. The average molecular weight is 137 g/mol. The molecule has 2 heterocycles. The molecule has 3 atom stereocenters. The fourth-order valence-corrected chi connectivity index (χ4v) is 3.12. The molecule has 2 aliphatic heterocycles. The SMILES string of the molecule is C1CC2CN3CCC1CC23. The summed E-state index contributed by atoms with van der Waals surface area (Å²) >= 11 is 0. The smallest absolute Gasteiger partial charge is 0.0138 e. The minimum absolute atomic E-state index is 1.05. The summed E-state index contributed by atoms with van der Waals surface area (Å²) in [4.78, 5) is 2.69. The van der Waals surface area contributed by atoms with E-state index in [4.69, 9.17) is 0 Å². The Morgan fingerprint density at radius 1 is 1.10 bits per heavy atom. The molecule has 0 aromatic carbocycles. The Kier molecular flexibility index (Phi) is 0.984. The monoisotopic (exact) mass is 137 g/mol. The quantitative estimate of drug-likeness (QED) is 0.489. The van der Waals surface area contributed by atoms with Crippen molar-refractivity contribution in [3.05, 3.63) is 0 Å². The van der Waals surface area contributed by atoms with Crippen LogP contribution in [0.25, 0.3) is 0 Å². The summed E-state index contributed by atoms with van der Waals surface area (Å²) < 4.78 is 0. The molecule has 0 radical (unpaired) electrons. The van der Waals surface area contributed by atoms with Crippen molar-refractivity contribution in [2.24, 2.45) is 11.8 Å². The molecule has 2 saturated heterocycles. The van der Waals surface area contributed by atoms with Crippen LogP contribution in [0.3, 0.4) is 0 Å². The third kappa shape index (κ3) is 0.572. The van der Waals surface area contributed by atoms with Gasteiger partial charge in [-0.1, -0.05) is 0 Å². The second-order valence-corrected chi connectivity index (χ2v) is 4.29. The van der Waals surface area contributed by atoms with Gasteiger partial charge < -0.3 is 0 Å². The van der Waals surface area contributed by atoms with Crippen molar-refractivity contribution >= 4 is 0 Å². The fourth-order valence-electron chi connectivity index (χ4n) is 3.12. The maximum absolute atomic E-state index is 2.69. The molecule has 3 aliphatic rings. The summed E-state index contributed by atoms with van der Waals surface area (Å²) in [7, 11) is 0. The summed E-state index contributed by atoms with van der Waals surface area (Å²) in [5.41, 5.74) is 0. The lowest BCUT2D eigenvalue weighted by molar-refractivity contribution is -0.0673. The van der Waals surface area contributed by atoms with Crippen LogP contribution in [0.4, 0.5) is 0 Å². The van der Waals surface area contributed by atoms with Crippen molar-refractivity contribution < 1.29 is 0 Å². The van der Waals surface area contributed by atoms with E-state index in [1.807, 2.05) is 0 Å². The van der Waals surface area contributed by atoms with E-state index in [9.17, 15) is 0 Å². The maximum atomic E-state index is 2.69. The first-order chi connectivity index (χ1) is 4.93. The van der Waals surface area contributed by atoms with Crippen LogP contribution >= 0.6 is 0 Å². The van der Waals surface area contributed by atoms with E-state index >= 15 is 0 Å². The predicted molar refractivity (Wildman–Crippen MR) is 40.8 cm³/mol. The van der Waals surface area contributed by atoms with Crippen LogP contribution in [-0.2, 0) is 0 Å². The third-order valence-electron chi connectivity index (χ3n) is 3.83. The molecule has 56 valence electrons. The normalized spacial score (nSPS) is 52.2. The van der Waals surface area contributed by atoms with E-state index in [-0.39, 0.29) is 0 Å². The van der Waals surface area contributed by atoms with Gasteiger partial charge in [0, 0.05) is 12.6 Å². The summed E-state index contributed by atoms with van der Waals surface area (Å²) in [6.07, 6.45) is 6.15. The molecule has 3 fully saturated rings. The van der Waals surface area contributed by atoms with E-state index in [2.05, 4.69) is 4.90 Å². The van der Waals surface area contributed by atoms with E-state index in [1.165, 1.54) is 19.5 Å². The van der Waals surface area contributed by atoms with Gasteiger partial charge >= 0.3 is 0 Å². The predicted octanol–water partition coefficient (Wildman–Crippen LogP) is 1.49. The van der Waals surface area contributed by atoms with E-state index in [0.29, 0.717) is 0 Å². The molecule has 0 aromatic rings. The summed E-state index contributed by atoms with van der Waals surface area (Å²) in [5.74, 6) is 2.24. The lowest BCUT2D eigenvalue weighted by Crippen LogP contribution is -2.61. The highest BCUT2D eigenvalue weighted by atomic mass is 15.2. The van der Waals surface area contributed by atoms with Crippen molar-refractivity contribution in [2.75, 3.05) is 13.1 Å². The Balaban J connectivity index is 1.85. The van der Waals surface area contributed by atoms with Crippen molar-refractivity contribution in [3.8, 4) is 0 Å². The van der Waals surface area contributed by atoms with Gasteiger partial charge in [0.05, 0.1) is 0 Å². The van der Waals surface area contributed by atoms with Crippen LogP contribution in [0.2, 0.25) is 0 Å². The molecule has 0 amide bonds. The zero-order valence-corrected chi connectivity index (χ0v) is 6.42. The van der Waals surface area contributed by atoms with Crippen LogP contribution in [0.1, 0.15) is 25.7 Å². The summed E-state index contributed by atoms with van der Waals surface area (Å²) in [6, 6.07) is 1.05. The van der Waals surface area contributed by atoms with Crippen molar-refractivity contribution in [1.82, 2.24) is 4.90 Å². The van der Waals surface area contributed by atoms with Crippen molar-refractivity contribution in [2.45, 2.75) is 31.7 Å². The van der Waals surface area contributed by atoms with Gasteiger partial charge in [0.2, 0.25) is 0 Å². The Labute approximate surface area is 62.4 Å². The van der Waals surface area contributed by atoms with Crippen molar-refractivity contribution in [3.63, 3.8) is 0 Å². The molecule has 0 aromatic heterocycles. The highest BCUT2D eigenvalue weighted by Crippen LogP contribution is 2.44. The summed E-state index contributed by atoms with van der Waals surface area (Å²) in [6.45, 7) is 2.86. The Bertz CT molecular complexity index is 130. The van der Waals surface area contributed by atoms with Crippen LogP contribution < -0.4 is 0 Å². The zero-order valence-electron chi connectivity index (χ0n) is 6.42. The lowest BCUT2D eigenvalue weighted by atomic mass is 9.68. The molecule has 3 rings (SSSR count). The first-order valence-electron chi connectivity index (χ1n) is 4.67. The standard InChI is InChI=1S/C9H15N/c1-2-8-6-10-4-3-7(1)5-9(8)10/h7-9H,1-6H2. The van der Waals surface area contributed by atoms with Crippen molar-refractivity contribution in [1.29, 1.82) is 0 Å². The molecule has 1 heteroatoms. The molecule has 3 unspecified atom stereocenters. The molecule has 0 N–H and O–H groups in total. The van der Waals surface area contributed by atoms with Crippen LogP contribution in [0.15, 0.2) is 0 Å². The first kappa shape index (κ1) is 5.59. The highest BCUT2D eigenvalue weighted by Gasteiger charge is 2.45. The third-order valence-corrected chi connectivity index (χ3v) is 3.83. The maximum Gasteiger partial charge on any atom is 0.0138 e. The Morgan fingerprint density at radius 2 is 2.10 bits per heavy atom. The molecular formula is C9H15N. The molecular weight excluding hydrogens is 122 g/mol. The molecule has 0 spiro atoms. The van der Waals surface area contributed by atoms with Gasteiger partial charge in [0.1, 0.15) is 0 Å². The van der Waals surface area contributed by atoms with Gasteiger partial charge in [-0.15, -0.1) is 0 Å². The van der Waals surface area contributed by atoms with Gasteiger partial charge in [0.25, 0.3) is 0 Å². The number of fused-ring (bicyclic) bond motifs is 1. The fraction of sp³-hybridized carbons (Fsp3) is 1.00. The largest absolute Gasteiger partial charge is 0.300 e. The lowest BCUT2D eigenvalue weighted by Gasteiger charge is -2.56. The van der Waals surface area contributed by atoms with Gasteiger partial charge in [-0.25, -0.2) is 0 Å². The molecule has 1 nitrogen and oxygen atoms in total. The number of nitrogens with zero attached hydrogens (tertiary/aromatic N) is 1. The van der Waals surface area contributed by atoms with E-state index in [1.54, 1.807) is 19.3 Å². The minimum atomic E-state index is 1.05. The van der Waals surface area contributed by atoms with Gasteiger partial charge in [-0.3, -0.25) is 4.90 Å². The average Bonchev–Trinajstić information content (AvgIpc) is 1.83. The summed E-state index contributed by atoms with van der Waals surface area (Å²) in [5, 5.41) is 0. The second-order valence-electron chi connectivity index (χ2n) is 4.29. The van der Waals surface area contributed by atoms with E-state index in [0.717, 1.165) is 17.9 Å². The second kappa shape index (κ2) is 1.76. The van der Waals surface area contributed by atoms with Crippen LogP contribution in [0.5, 0.6) is 0 Å². The highest BCUT2D eigenvalue weighted by molar-refractivity contribution is 4.99. The van der Waals surface area contributed by atoms with Crippen LogP contribution in [-0.4, -0.2) is 24.0 Å². The Hall–Kier alpha value is -0.0400. The number of hydrogen-bond acceptors (Lipinski definition) is 1. The first-order valence-corrected chi connectivity index (χ1v) is 4.67. The number of piperidine rings is 1. The van der Waals surface area contributed by atoms with Gasteiger partial charge in [-0.2, -0.15) is 0 Å². The molecule has 2 bridgehead atoms. The Morgan fingerprint density at radius 3 is 3.00 bits per heavy atom. The topological polar surface area (TPSA) is 3.24 Å². The van der Waals surface area contributed by atoms with Gasteiger partial charge in [0.15, 0.2) is 0 Å².